The number of anilines is 1. The van der Waals surface area contributed by atoms with E-state index in [-0.39, 0.29) is 57.4 Å². The minimum atomic E-state index is -0.512. The molecule has 4 aromatic heterocycles. The summed E-state index contributed by atoms with van der Waals surface area (Å²) < 4.78 is 41.2. The number of methoxy groups -OCH3 is 2. The van der Waals surface area contributed by atoms with Gasteiger partial charge in [0.25, 0.3) is 11.1 Å². The summed E-state index contributed by atoms with van der Waals surface area (Å²) in [5.74, 6) is -0.145. The van der Waals surface area contributed by atoms with Crippen LogP contribution < -0.4 is 31.6 Å². The van der Waals surface area contributed by atoms with Crippen LogP contribution in [0, 0.1) is 11.6 Å². The summed E-state index contributed by atoms with van der Waals surface area (Å²) in [5, 5.41) is 4.56. The van der Waals surface area contributed by atoms with Gasteiger partial charge in [0.15, 0.2) is 23.1 Å². The van der Waals surface area contributed by atoms with Crippen molar-refractivity contribution < 1.29 is 18.3 Å². The SMILES string of the molecule is COc1ccc(Cl)c(CN)c1F.COc1ccc(Cl)c(CNc2nc(Cl)nc3c2CN(Cc2ccc(Cn4ccccc4=O)cc2)C3)c1F.O=c1ccccn1Cc1ccc(CN2Cc3nc(Cl)nc(Cl)c3C2)cc1. The highest BCUT2D eigenvalue weighted by molar-refractivity contribution is 6.32. The van der Waals surface area contributed by atoms with Crippen LogP contribution in [0.2, 0.25) is 25.8 Å². The van der Waals surface area contributed by atoms with Gasteiger partial charge in [-0.3, -0.25) is 19.4 Å². The third-order valence-corrected chi connectivity index (χ3v) is 13.7. The van der Waals surface area contributed by atoms with Gasteiger partial charge in [0.05, 0.1) is 38.7 Å². The number of hydrogen-bond acceptors (Lipinski definition) is 12. The van der Waals surface area contributed by atoms with Crippen LogP contribution in [0.3, 0.4) is 0 Å². The number of ether oxygens (including phenoxy) is 2. The van der Waals surface area contributed by atoms with Gasteiger partial charge in [0.1, 0.15) is 11.0 Å². The third kappa shape index (κ3) is 13.9. The predicted molar refractivity (Wildman–Crippen MR) is 289 cm³/mol. The summed E-state index contributed by atoms with van der Waals surface area (Å²) in [6, 6.07) is 32.9. The highest BCUT2D eigenvalue weighted by Crippen LogP contribution is 2.33. The standard InChI is InChI=1S/C27H24Cl2FN5O2.C19H16Cl2N4O.C8H9ClFNO/c1-37-23-10-9-21(28)19(25(23)30)12-31-26-20-15-34(16-22(20)32-27(29)33-26)13-17-5-7-18(8-6-17)14-35-11-3-2-4-24(35)36;20-18-15-11-24(12-16(15)22-19(21)23-18)9-13-4-6-14(7-5-13)10-25-8-2-1-3-17(25)26;1-12-7-3-2-6(9)5(4-11)8(7)10/h2-11H,12-16H2,1H3,(H,31,32,33);1-8H,9-12H2;2-3H,4,11H2,1H3. The Bertz CT molecular complexity index is 3420. The summed E-state index contributed by atoms with van der Waals surface area (Å²) in [6.07, 6.45) is 3.58. The Balaban J connectivity index is 0.000000170. The number of rotatable bonds is 14. The van der Waals surface area contributed by atoms with E-state index in [0.717, 1.165) is 45.7 Å². The first-order valence-electron chi connectivity index (χ1n) is 23.3. The van der Waals surface area contributed by atoms with Crippen LogP contribution in [0.1, 0.15) is 55.9 Å². The maximum Gasteiger partial charge on any atom is 0.250 e. The molecule has 3 N–H and O–H groups in total. The van der Waals surface area contributed by atoms with Gasteiger partial charge in [0.2, 0.25) is 10.6 Å². The molecular formula is C54H49Cl5F2N10O4. The maximum absolute atomic E-state index is 14.7. The van der Waals surface area contributed by atoms with E-state index in [9.17, 15) is 18.4 Å². The summed E-state index contributed by atoms with van der Waals surface area (Å²) in [7, 11) is 2.81. The van der Waals surface area contributed by atoms with Crippen molar-refractivity contribution >= 4 is 63.8 Å². The van der Waals surface area contributed by atoms with Crippen molar-refractivity contribution in [3.8, 4) is 11.5 Å². The zero-order valence-electron chi connectivity index (χ0n) is 40.6. The van der Waals surface area contributed by atoms with Gasteiger partial charge in [-0.1, -0.05) is 95.5 Å². The molecule has 0 saturated carbocycles. The molecule has 10 rings (SSSR count). The van der Waals surface area contributed by atoms with E-state index >= 15 is 0 Å². The average Bonchev–Trinajstić information content (AvgIpc) is 4.00. The fourth-order valence-electron chi connectivity index (χ4n) is 8.49. The van der Waals surface area contributed by atoms with Crippen LogP contribution in [0.4, 0.5) is 14.6 Å². The van der Waals surface area contributed by atoms with Crippen molar-refractivity contribution in [3.63, 3.8) is 0 Å². The summed E-state index contributed by atoms with van der Waals surface area (Å²) in [4.78, 5) is 45.3. The minimum absolute atomic E-state index is 0.00283. The Morgan fingerprint density at radius 3 is 1.47 bits per heavy atom. The lowest BCUT2D eigenvalue weighted by atomic mass is 10.1. The van der Waals surface area contributed by atoms with Gasteiger partial charge in [0, 0.05) is 109 Å². The number of nitrogens with one attached hydrogen (secondary N) is 1. The molecule has 0 spiro atoms. The molecule has 0 fully saturated rings. The van der Waals surface area contributed by atoms with Gasteiger partial charge in [-0.05, 0) is 81.9 Å². The lowest BCUT2D eigenvalue weighted by Crippen LogP contribution is -2.18. The van der Waals surface area contributed by atoms with E-state index in [1.165, 1.54) is 31.9 Å². The second kappa shape index (κ2) is 25.4. The van der Waals surface area contributed by atoms with Gasteiger partial charge in [-0.15, -0.1) is 0 Å². The molecule has 0 atom stereocenters. The van der Waals surface area contributed by atoms with Crippen LogP contribution in [0.5, 0.6) is 11.5 Å². The quantitative estimate of drug-likeness (QED) is 0.0785. The Morgan fingerprint density at radius 2 is 0.987 bits per heavy atom. The van der Waals surface area contributed by atoms with Gasteiger partial charge in [-0.2, -0.15) is 0 Å². The molecule has 0 bridgehead atoms. The maximum atomic E-state index is 14.7. The molecule has 0 radical (unpaired) electrons. The molecule has 2 aliphatic heterocycles. The number of pyridine rings is 2. The molecule has 14 nitrogen and oxygen atoms in total. The molecular weight excluding hydrogens is 1070 g/mol. The Kier molecular flexibility index (Phi) is 18.5. The monoisotopic (exact) mass is 1110 g/mol. The zero-order chi connectivity index (χ0) is 53.2. The number of benzene rings is 4. The van der Waals surface area contributed by atoms with E-state index in [1.54, 1.807) is 57.9 Å². The molecule has 388 valence electrons. The molecule has 0 unspecified atom stereocenters. The number of nitrogens with zero attached hydrogens (tertiary/aromatic N) is 8. The normalized spacial score (nSPS) is 12.8. The molecule has 0 aliphatic carbocycles. The fourth-order valence-corrected chi connectivity index (χ4v) is 9.59. The molecule has 0 amide bonds. The first-order valence-corrected chi connectivity index (χ1v) is 25.2. The summed E-state index contributed by atoms with van der Waals surface area (Å²) in [5.41, 5.74) is 13.9. The van der Waals surface area contributed by atoms with Crippen LogP contribution >= 0.6 is 58.0 Å². The zero-order valence-corrected chi connectivity index (χ0v) is 44.3. The molecule has 2 aliphatic rings. The number of halogens is 7. The molecule has 75 heavy (non-hydrogen) atoms. The second-order valence-electron chi connectivity index (χ2n) is 17.4. The van der Waals surface area contributed by atoms with Crippen LogP contribution in [-0.2, 0) is 65.4 Å². The predicted octanol–water partition coefficient (Wildman–Crippen LogP) is 10.7. The van der Waals surface area contributed by atoms with Crippen LogP contribution in [0.25, 0.3) is 0 Å². The van der Waals surface area contributed by atoms with Crippen molar-refractivity contribution in [2.24, 2.45) is 5.73 Å². The fraction of sp³-hybridized carbons (Fsp3) is 0.222. The molecule has 6 heterocycles. The van der Waals surface area contributed by atoms with Crippen molar-refractivity contribution in [3.05, 3.63) is 236 Å². The number of aromatic nitrogens is 6. The molecule has 21 heteroatoms. The highest BCUT2D eigenvalue weighted by atomic mass is 35.5. The van der Waals surface area contributed by atoms with E-state index in [2.05, 4.69) is 71.5 Å². The van der Waals surface area contributed by atoms with Crippen molar-refractivity contribution in [1.29, 1.82) is 0 Å². The van der Waals surface area contributed by atoms with Crippen molar-refractivity contribution in [1.82, 2.24) is 38.9 Å². The van der Waals surface area contributed by atoms with E-state index in [1.807, 2.05) is 24.3 Å². The number of nitrogens with two attached hydrogens (primary N) is 1. The first kappa shape index (κ1) is 54.8. The average molecular weight is 1120 g/mol. The number of hydrogen-bond donors (Lipinski definition) is 2. The van der Waals surface area contributed by atoms with Crippen molar-refractivity contribution in [2.45, 2.75) is 65.4 Å². The lowest BCUT2D eigenvalue weighted by Gasteiger charge is -2.15. The van der Waals surface area contributed by atoms with E-state index in [4.69, 9.17) is 73.2 Å². The van der Waals surface area contributed by atoms with Crippen LogP contribution in [-0.4, -0.2) is 53.1 Å². The largest absolute Gasteiger partial charge is 0.494 e. The van der Waals surface area contributed by atoms with Crippen LogP contribution in [0.15, 0.2) is 131 Å². The molecule has 0 saturated heterocycles. The topological polar surface area (TPSA) is 159 Å². The Hall–Kier alpha value is -6.47. The van der Waals surface area contributed by atoms with Gasteiger partial charge >= 0.3 is 0 Å². The van der Waals surface area contributed by atoms with Gasteiger partial charge < -0.3 is 29.7 Å². The lowest BCUT2D eigenvalue weighted by molar-refractivity contribution is 0.274. The Morgan fingerprint density at radius 1 is 0.547 bits per heavy atom. The van der Waals surface area contributed by atoms with E-state index < -0.39 is 11.6 Å². The number of fused-ring (bicyclic) bond motifs is 2. The summed E-state index contributed by atoms with van der Waals surface area (Å²) >= 11 is 30.2. The minimum Gasteiger partial charge on any atom is -0.494 e. The molecule has 4 aromatic carbocycles. The van der Waals surface area contributed by atoms with Gasteiger partial charge in [-0.25, -0.2) is 28.7 Å². The molecule has 8 aromatic rings. The Labute approximate surface area is 456 Å². The third-order valence-electron chi connectivity index (χ3n) is 12.3. The second-order valence-corrected chi connectivity index (χ2v) is 19.2. The van der Waals surface area contributed by atoms with E-state index in [0.29, 0.717) is 66.8 Å². The highest BCUT2D eigenvalue weighted by Gasteiger charge is 2.27. The van der Waals surface area contributed by atoms with Crippen molar-refractivity contribution in [2.75, 3.05) is 19.5 Å². The smallest absolute Gasteiger partial charge is 0.250 e. The summed E-state index contributed by atoms with van der Waals surface area (Å²) in [6.45, 7) is 5.42. The first-order chi connectivity index (χ1) is 36.2.